The summed E-state index contributed by atoms with van der Waals surface area (Å²) in [5.74, 6) is -0.376. The molecular formula is C12H16N2O5. The minimum Gasteiger partial charge on any atom is -0.394 e. The first-order chi connectivity index (χ1) is 8.90. The number of carbonyl (C=O) groups is 1. The molecule has 0 spiro atoms. The predicted molar refractivity (Wildman–Crippen MR) is 67.5 cm³/mol. The van der Waals surface area contributed by atoms with Crippen LogP contribution in [0.4, 0.5) is 5.69 Å². The van der Waals surface area contributed by atoms with Gasteiger partial charge in [-0.05, 0) is 12.5 Å². The molecule has 0 aliphatic carbocycles. The molecule has 0 radical (unpaired) electrons. The van der Waals surface area contributed by atoms with Crippen LogP contribution in [0.25, 0.3) is 0 Å². The van der Waals surface area contributed by atoms with Gasteiger partial charge < -0.3 is 15.5 Å². The number of nitrogens with zero attached hydrogens (tertiary/aromatic N) is 1. The van der Waals surface area contributed by atoms with E-state index in [-0.39, 0.29) is 31.2 Å². The number of non-ortho nitro benzene ring substituents is 1. The molecule has 0 fully saturated rings. The fourth-order valence-corrected chi connectivity index (χ4v) is 1.43. The summed E-state index contributed by atoms with van der Waals surface area (Å²) in [4.78, 5) is 21.7. The van der Waals surface area contributed by atoms with Crippen LogP contribution in [0.15, 0.2) is 24.3 Å². The van der Waals surface area contributed by atoms with Crippen LogP contribution in [0.2, 0.25) is 0 Å². The van der Waals surface area contributed by atoms with Crippen molar-refractivity contribution >= 4 is 11.6 Å². The highest BCUT2D eigenvalue weighted by Gasteiger charge is 2.24. The largest absolute Gasteiger partial charge is 0.394 e. The Labute approximate surface area is 110 Å². The second kappa shape index (κ2) is 6.26. The van der Waals surface area contributed by atoms with Crippen molar-refractivity contribution < 1.29 is 19.9 Å². The van der Waals surface area contributed by atoms with Gasteiger partial charge in [0, 0.05) is 12.1 Å². The van der Waals surface area contributed by atoms with Crippen molar-refractivity contribution in [3.05, 3.63) is 39.9 Å². The smallest absolute Gasteiger partial charge is 0.269 e. The molecule has 0 unspecified atom stereocenters. The van der Waals surface area contributed by atoms with E-state index in [0.717, 1.165) is 0 Å². The van der Waals surface area contributed by atoms with Crippen molar-refractivity contribution in [3.8, 4) is 0 Å². The molecule has 1 aromatic rings. The number of hydrogen-bond acceptors (Lipinski definition) is 5. The van der Waals surface area contributed by atoms with Gasteiger partial charge in [-0.3, -0.25) is 14.9 Å². The van der Waals surface area contributed by atoms with Gasteiger partial charge in [0.25, 0.3) is 5.69 Å². The summed E-state index contributed by atoms with van der Waals surface area (Å²) in [5, 5.41) is 31.1. The van der Waals surface area contributed by atoms with Crippen LogP contribution in [0, 0.1) is 10.1 Å². The maximum atomic E-state index is 11.7. The number of rotatable bonds is 6. The van der Waals surface area contributed by atoms with Crippen LogP contribution in [-0.4, -0.2) is 39.8 Å². The van der Waals surface area contributed by atoms with Gasteiger partial charge >= 0.3 is 0 Å². The highest BCUT2D eigenvalue weighted by Crippen LogP contribution is 2.12. The zero-order valence-corrected chi connectivity index (χ0v) is 10.5. The van der Waals surface area contributed by atoms with Crippen molar-refractivity contribution in [1.82, 2.24) is 5.32 Å². The van der Waals surface area contributed by atoms with Gasteiger partial charge in [0.15, 0.2) is 0 Å². The van der Waals surface area contributed by atoms with Gasteiger partial charge in [0.2, 0.25) is 5.91 Å². The third kappa shape index (κ3) is 4.31. The maximum absolute atomic E-state index is 11.7. The second-order valence-electron chi connectivity index (χ2n) is 4.53. The fraction of sp³-hybridized carbons (Fsp3) is 0.417. The first-order valence-electron chi connectivity index (χ1n) is 5.66. The maximum Gasteiger partial charge on any atom is 0.269 e. The molecule has 0 atom stereocenters. The Kier molecular flexibility index (Phi) is 4.96. The average molecular weight is 268 g/mol. The van der Waals surface area contributed by atoms with Gasteiger partial charge in [-0.15, -0.1) is 0 Å². The Morgan fingerprint density at radius 2 is 1.84 bits per heavy atom. The molecule has 0 aromatic heterocycles. The molecule has 0 saturated carbocycles. The molecule has 0 saturated heterocycles. The van der Waals surface area contributed by atoms with E-state index in [2.05, 4.69) is 5.32 Å². The molecule has 0 heterocycles. The van der Waals surface area contributed by atoms with Crippen LogP contribution < -0.4 is 5.32 Å². The number of hydrogen-bond donors (Lipinski definition) is 3. The van der Waals surface area contributed by atoms with Crippen LogP contribution in [0.5, 0.6) is 0 Å². The molecule has 1 rings (SSSR count). The Morgan fingerprint density at radius 1 is 1.32 bits per heavy atom. The van der Waals surface area contributed by atoms with E-state index < -0.39 is 10.5 Å². The molecule has 104 valence electrons. The molecule has 7 nitrogen and oxygen atoms in total. The quantitative estimate of drug-likeness (QED) is 0.496. The van der Waals surface area contributed by atoms with E-state index in [1.165, 1.54) is 31.2 Å². The summed E-state index contributed by atoms with van der Waals surface area (Å²) >= 11 is 0. The Bertz CT molecular complexity index is 454. The van der Waals surface area contributed by atoms with E-state index in [0.29, 0.717) is 5.56 Å². The molecule has 0 aliphatic heterocycles. The van der Waals surface area contributed by atoms with E-state index >= 15 is 0 Å². The second-order valence-corrected chi connectivity index (χ2v) is 4.53. The lowest BCUT2D eigenvalue weighted by Crippen LogP contribution is -2.52. The normalized spacial score (nSPS) is 11.1. The van der Waals surface area contributed by atoms with Crippen molar-refractivity contribution in [2.45, 2.75) is 18.9 Å². The molecule has 19 heavy (non-hydrogen) atoms. The van der Waals surface area contributed by atoms with Crippen LogP contribution in [0.1, 0.15) is 12.5 Å². The van der Waals surface area contributed by atoms with Gasteiger partial charge in [-0.25, -0.2) is 0 Å². The third-order valence-electron chi connectivity index (χ3n) is 2.65. The highest BCUT2D eigenvalue weighted by atomic mass is 16.6. The van der Waals surface area contributed by atoms with Crippen LogP contribution in [-0.2, 0) is 11.2 Å². The first kappa shape index (κ1) is 15.1. The molecule has 3 N–H and O–H groups in total. The summed E-state index contributed by atoms with van der Waals surface area (Å²) in [5.41, 5.74) is -0.501. The van der Waals surface area contributed by atoms with Gasteiger partial charge in [0.05, 0.1) is 30.1 Å². The summed E-state index contributed by atoms with van der Waals surface area (Å²) in [6, 6.07) is 5.62. The number of aliphatic hydroxyl groups is 2. The summed E-state index contributed by atoms with van der Waals surface area (Å²) in [6.45, 7) is 0.756. The molecule has 1 amide bonds. The summed E-state index contributed by atoms with van der Waals surface area (Å²) in [6.07, 6.45) is 0.0214. The topological polar surface area (TPSA) is 113 Å². The average Bonchev–Trinajstić information content (AvgIpc) is 2.39. The van der Waals surface area contributed by atoms with Gasteiger partial charge in [-0.1, -0.05) is 12.1 Å². The van der Waals surface area contributed by atoms with Gasteiger partial charge in [0.1, 0.15) is 0 Å². The predicted octanol–water partition coefficient (Wildman–Crippen LogP) is -0.00320. The van der Waals surface area contributed by atoms with Crippen LogP contribution >= 0.6 is 0 Å². The Balaban J connectivity index is 2.64. The Hall–Kier alpha value is -1.99. The lowest BCUT2D eigenvalue weighted by atomic mass is 10.0. The summed E-state index contributed by atoms with van der Waals surface area (Å²) in [7, 11) is 0. The number of benzene rings is 1. The fourth-order valence-electron chi connectivity index (χ4n) is 1.43. The summed E-state index contributed by atoms with van der Waals surface area (Å²) < 4.78 is 0. The van der Waals surface area contributed by atoms with E-state index in [1.54, 1.807) is 0 Å². The number of aliphatic hydroxyl groups excluding tert-OH is 2. The number of carbonyl (C=O) groups excluding carboxylic acids is 1. The van der Waals surface area contributed by atoms with Crippen molar-refractivity contribution in [1.29, 1.82) is 0 Å². The first-order valence-corrected chi connectivity index (χ1v) is 5.66. The number of amides is 1. The molecule has 0 aliphatic rings. The molecule has 0 bridgehead atoms. The number of nitro benzene ring substituents is 1. The monoisotopic (exact) mass is 268 g/mol. The zero-order valence-electron chi connectivity index (χ0n) is 10.5. The minimum atomic E-state index is -1.07. The van der Waals surface area contributed by atoms with Crippen molar-refractivity contribution in [2.24, 2.45) is 0 Å². The third-order valence-corrected chi connectivity index (χ3v) is 2.65. The van der Waals surface area contributed by atoms with Crippen LogP contribution in [0.3, 0.4) is 0 Å². The van der Waals surface area contributed by atoms with Crippen molar-refractivity contribution in [3.63, 3.8) is 0 Å². The zero-order chi connectivity index (χ0) is 14.5. The number of nitrogens with one attached hydrogen (secondary N) is 1. The SMILES string of the molecule is CC(CO)(CO)NC(=O)Cc1ccc([N+](=O)[O-])cc1. The highest BCUT2D eigenvalue weighted by molar-refractivity contribution is 5.79. The molecule has 7 heteroatoms. The van der Waals surface area contributed by atoms with Gasteiger partial charge in [-0.2, -0.15) is 0 Å². The van der Waals surface area contributed by atoms with E-state index in [1.807, 2.05) is 0 Å². The van der Waals surface area contributed by atoms with Crippen molar-refractivity contribution in [2.75, 3.05) is 13.2 Å². The number of nitro groups is 1. The van der Waals surface area contributed by atoms with E-state index in [4.69, 9.17) is 10.2 Å². The molecular weight excluding hydrogens is 252 g/mol. The Morgan fingerprint density at radius 3 is 2.26 bits per heavy atom. The standard InChI is InChI=1S/C12H16N2O5/c1-12(7-15,8-16)13-11(17)6-9-2-4-10(5-3-9)14(18)19/h2-5,15-16H,6-8H2,1H3,(H,13,17). The lowest BCUT2D eigenvalue weighted by molar-refractivity contribution is -0.384. The lowest BCUT2D eigenvalue weighted by Gasteiger charge is -2.26. The minimum absolute atomic E-state index is 0.0214. The van der Waals surface area contributed by atoms with E-state index in [9.17, 15) is 14.9 Å². The molecule has 1 aromatic carbocycles.